The van der Waals surface area contributed by atoms with Gasteiger partial charge in [0.15, 0.2) is 11.5 Å². The Morgan fingerprint density at radius 1 is 1.05 bits per heavy atom. The van der Waals surface area contributed by atoms with Gasteiger partial charge in [0.25, 0.3) is 0 Å². The Bertz CT molecular complexity index is 672. The van der Waals surface area contributed by atoms with Crippen LogP contribution in [0.4, 0.5) is 5.69 Å². The van der Waals surface area contributed by atoms with Gasteiger partial charge in [0.1, 0.15) is 0 Å². The number of benzene rings is 2. The molecule has 20 heavy (non-hydrogen) atoms. The second-order valence-corrected chi connectivity index (χ2v) is 5.13. The summed E-state index contributed by atoms with van der Waals surface area (Å²) in [6.07, 6.45) is 1.56. The normalized spacial score (nSPS) is 11.0. The van der Waals surface area contributed by atoms with Crippen molar-refractivity contribution in [2.24, 2.45) is 4.99 Å². The van der Waals surface area contributed by atoms with Crippen LogP contribution >= 0.6 is 34.8 Å². The molecule has 0 saturated heterocycles. The van der Waals surface area contributed by atoms with E-state index in [1.807, 2.05) is 0 Å². The molecule has 0 aliphatic rings. The highest BCUT2D eigenvalue weighted by Gasteiger charge is 2.05. The van der Waals surface area contributed by atoms with E-state index in [1.165, 1.54) is 19.2 Å². The zero-order chi connectivity index (χ0) is 14.7. The first-order valence-electron chi connectivity index (χ1n) is 5.57. The van der Waals surface area contributed by atoms with Crippen molar-refractivity contribution in [2.75, 3.05) is 7.11 Å². The maximum Gasteiger partial charge on any atom is 0.160 e. The monoisotopic (exact) mass is 329 g/mol. The first kappa shape index (κ1) is 15.0. The third kappa shape index (κ3) is 3.37. The van der Waals surface area contributed by atoms with Gasteiger partial charge in [0.2, 0.25) is 0 Å². The van der Waals surface area contributed by atoms with Gasteiger partial charge in [0, 0.05) is 6.21 Å². The molecule has 0 atom stereocenters. The van der Waals surface area contributed by atoms with E-state index in [1.54, 1.807) is 24.4 Å². The smallest absolute Gasteiger partial charge is 0.160 e. The number of nitrogens with zero attached hydrogens (tertiary/aromatic N) is 1. The molecule has 2 rings (SSSR count). The van der Waals surface area contributed by atoms with E-state index < -0.39 is 0 Å². The number of aliphatic imine (C=N–C) groups is 1. The molecule has 0 saturated carbocycles. The van der Waals surface area contributed by atoms with Crippen molar-refractivity contribution in [1.82, 2.24) is 0 Å². The third-order valence-electron chi connectivity index (χ3n) is 2.55. The summed E-state index contributed by atoms with van der Waals surface area (Å²) >= 11 is 17.8. The summed E-state index contributed by atoms with van der Waals surface area (Å²) in [7, 11) is 1.48. The van der Waals surface area contributed by atoms with Crippen LogP contribution in [0, 0.1) is 0 Å². The van der Waals surface area contributed by atoms with Gasteiger partial charge in [-0.15, -0.1) is 0 Å². The van der Waals surface area contributed by atoms with Gasteiger partial charge in [-0.3, -0.25) is 4.99 Å². The molecule has 0 aliphatic heterocycles. The molecular weight excluding hydrogens is 321 g/mol. The predicted molar refractivity (Wildman–Crippen MR) is 83.4 cm³/mol. The van der Waals surface area contributed by atoms with Crippen molar-refractivity contribution in [3.8, 4) is 11.5 Å². The molecule has 3 nitrogen and oxygen atoms in total. The number of phenolic OH excluding ortho intramolecular Hbond substituents is 1. The largest absolute Gasteiger partial charge is 0.504 e. The Kier molecular flexibility index (Phi) is 4.76. The second kappa shape index (κ2) is 6.35. The molecule has 0 fully saturated rings. The fourth-order valence-electron chi connectivity index (χ4n) is 1.54. The van der Waals surface area contributed by atoms with Crippen LogP contribution < -0.4 is 4.74 Å². The van der Waals surface area contributed by atoms with Crippen molar-refractivity contribution >= 4 is 46.7 Å². The fourth-order valence-corrected chi connectivity index (χ4v) is 2.13. The topological polar surface area (TPSA) is 41.8 Å². The van der Waals surface area contributed by atoms with Crippen molar-refractivity contribution in [3.05, 3.63) is 51.0 Å². The van der Waals surface area contributed by atoms with E-state index in [0.717, 1.165) is 0 Å². The standard InChI is InChI=1S/C14H10Cl3NO2/c1-20-14-3-2-8(4-13(14)19)7-18-12-6-10(16)9(15)5-11(12)17/h2-7,19H,1H3. The Balaban J connectivity index is 2.30. The fraction of sp³-hybridized carbons (Fsp3) is 0.0714. The molecule has 0 radical (unpaired) electrons. The minimum absolute atomic E-state index is 0.0386. The molecule has 0 aliphatic carbocycles. The van der Waals surface area contributed by atoms with Crippen molar-refractivity contribution in [3.63, 3.8) is 0 Å². The number of methoxy groups -OCH3 is 1. The van der Waals surface area contributed by atoms with Gasteiger partial charge in [-0.1, -0.05) is 34.8 Å². The lowest BCUT2D eigenvalue weighted by Gasteiger charge is -2.04. The first-order chi connectivity index (χ1) is 9.51. The van der Waals surface area contributed by atoms with Gasteiger partial charge < -0.3 is 9.84 Å². The van der Waals surface area contributed by atoms with E-state index in [-0.39, 0.29) is 5.75 Å². The van der Waals surface area contributed by atoms with E-state index in [2.05, 4.69) is 4.99 Å². The lowest BCUT2D eigenvalue weighted by molar-refractivity contribution is 0.373. The van der Waals surface area contributed by atoms with E-state index >= 15 is 0 Å². The van der Waals surface area contributed by atoms with Gasteiger partial charge in [-0.05, 0) is 35.9 Å². The van der Waals surface area contributed by atoms with Crippen LogP contribution in [0.2, 0.25) is 15.1 Å². The highest BCUT2D eigenvalue weighted by molar-refractivity contribution is 6.43. The summed E-state index contributed by atoms with van der Waals surface area (Å²) in [5.41, 5.74) is 1.20. The molecule has 0 heterocycles. The summed E-state index contributed by atoms with van der Waals surface area (Å²) in [4.78, 5) is 4.22. The number of aromatic hydroxyl groups is 1. The summed E-state index contributed by atoms with van der Waals surface area (Å²) in [5.74, 6) is 0.436. The maximum absolute atomic E-state index is 9.67. The number of rotatable bonds is 3. The minimum atomic E-state index is 0.0386. The van der Waals surface area contributed by atoms with Crippen molar-refractivity contribution in [1.29, 1.82) is 0 Å². The average molecular weight is 331 g/mol. The van der Waals surface area contributed by atoms with E-state index in [0.29, 0.717) is 32.1 Å². The van der Waals surface area contributed by atoms with Gasteiger partial charge in [-0.2, -0.15) is 0 Å². The van der Waals surface area contributed by atoms with E-state index in [9.17, 15) is 5.11 Å². The van der Waals surface area contributed by atoms with Crippen LogP contribution in [0.25, 0.3) is 0 Å². The number of halogens is 3. The molecule has 0 amide bonds. The molecule has 0 aromatic heterocycles. The summed E-state index contributed by atoms with van der Waals surface area (Å²) in [6.45, 7) is 0. The first-order valence-corrected chi connectivity index (χ1v) is 6.70. The van der Waals surface area contributed by atoms with Gasteiger partial charge >= 0.3 is 0 Å². The van der Waals surface area contributed by atoms with E-state index in [4.69, 9.17) is 39.5 Å². The lowest BCUT2D eigenvalue weighted by Crippen LogP contribution is -1.86. The zero-order valence-electron chi connectivity index (χ0n) is 10.4. The molecular formula is C14H10Cl3NO2. The highest BCUT2D eigenvalue weighted by atomic mass is 35.5. The zero-order valence-corrected chi connectivity index (χ0v) is 12.7. The summed E-state index contributed by atoms with van der Waals surface area (Å²) in [6, 6.07) is 8.05. The van der Waals surface area contributed by atoms with Gasteiger partial charge in [0.05, 0.1) is 27.9 Å². The quantitative estimate of drug-likeness (QED) is 0.627. The van der Waals surface area contributed by atoms with Crippen LogP contribution in [0.1, 0.15) is 5.56 Å². The summed E-state index contributed by atoms with van der Waals surface area (Å²) < 4.78 is 4.96. The van der Waals surface area contributed by atoms with Crippen molar-refractivity contribution < 1.29 is 9.84 Å². The molecule has 2 aromatic rings. The number of hydrogen-bond acceptors (Lipinski definition) is 3. The molecule has 0 unspecified atom stereocenters. The molecule has 1 N–H and O–H groups in total. The Morgan fingerprint density at radius 3 is 2.40 bits per heavy atom. The molecule has 0 bridgehead atoms. The SMILES string of the molecule is COc1ccc(C=Nc2cc(Cl)c(Cl)cc2Cl)cc1O. The van der Waals surface area contributed by atoms with Crippen molar-refractivity contribution in [2.45, 2.75) is 0 Å². The average Bonchev–Trinajstić information content (AvgIpc) is 2.41. The van der Waals surface area contributed by atoms with Crippen LogP contribution in [-0.2, 0) is 0 Å². The number of ether oxygens (including phenoxy) is 1. The molecule has 0 spiro atoms. The Morgan fingerprint density at radius 2 is 1.75 bits per heavy atom. The van der Waals surface area contributed by atoms with Crippen LogP contribution in [0.5, 0.6) is 11.5 Å². The molecule has 104 valence electrons. The molecule has 2 aromatic carbocycles. The second-order valence-electron chi connectivity index (χ2n) is 3.91. The van der Waals surface area contributed by atoms with Crippen LogP contribution in [-0.4, -0.2) is 18.4 Å². The number of hydrogen-bond donors (Lipinski definition) is 1. The van der Waals surface area contributed by atoms with Crippen LogP contribution in [0.3, 0.4) is 0 Å². The van der Waals surface area contributed by atoms with Gasteiger partial charge in [-0.25, -0.2) is 0 Å². The Hall–Kier alpha value is -1.42. The lowest BCUT2D eigenvalue weighted by atomic mass is 10.2. The predicted octanol–water partition coefficient (Wildman–Crippen LogP) is 5.11. The Labute approximate surface area is 131 Å². The minimum Gasteiger partial charge on any atom is -0.504 e. The highest BCUT2D eigenvalue weighted by Crippen LogP contribution is 2.34. The maximum atomic E-state index is 9.67. The third-order valence-corrected chi connectivity index (χ3v) is 3.57. The summed E-state index contributed by atoms with van der Waals surface area (Å²) in [5, 5.41) is 10.8. The van der Waals surface area contributed by atoms with Crippen LogP contribution in [0.15, 0.2) is 35.3 Å². The molecule has 6 heteroatoms. The number of phenols is 1.